The third kappa shape index (κ3) is 4.80. The molecule has 1 amide bonds. The van der Waals surface area contributed by atoms with Gasteiger partial charge in [0.25, 0.3) is 5.91 Å². The van der Waals surface area contributed by atoms with E-state index >= 15 is 0 Å². The van der Waals surface area contributed by atoms with Crippen molar-refractivity contribution in [3.63, 3.8) is 0 Å². The fourth-order valence-electron chi connectivity index (χ4n) is 2.65. The van der Waals surface area contributed by atoms with Gasteiger partial charge in [-0.1, -0.05) is 12.1 Å². The Balaban J connectivity index is 1.81. The van der Waals surface area contributed by atoms with Crippen LogP contribution in [0.25, 0.3) is 0 Å². The molecule has 0 atom stereocenters. The maximum absolute atomic E-state index is 12.5. The lowest BCUT2D eigenvalue weighted by Gasteiger charge is -2.32. The average molecular weight is 306 g/mol. The van der Waals surface area contributed by atoms with Crippen molar-refractivity contribution in [1.82, 2.24) is 4.90 Å². The summed E-state index contributed by atoms with van der Waals surface area (Å²) < 4.78 is 10.8. The molecule has 1 heterocycles. The Morgan fingerprint density at radius 1 is 1.27 bits per heavy atom. The molecule has 0 aromatic heterocycles. The zero-order valence-electron chi connectivity index (χ0n) is 13.3. The lowest BCUT2D eigenvalue weighted by atomic mass is 10.1. The Labute approximate surface area is 132 Å². The number of rotatable bonds is 7. The Hall–Kier alpha value is -1.43. The molecule has 0 saturated carbocycles. The van der Waals surface area contributed by atoms with Gasteiger partial charge in [0, 0.05) is 32.4 Å². The molecule has 2 N–H and O–H groups in total. The highest BCUT2D eigenvalue weighted by Gasteiger charge is 2.23. The highest BCUT2D eigenvalue weighted by atomic mass is 16.5. The summed E-state index contributed by atoms with van der Waals surface area (Å²) in [6.07, 6.45) is 2.96. The Morgan fingerprint density at radius 3 is 2.55 bits per heavy atom. The minimum Gasteiger partial charge on any atom is -0.380 e. The number of carbonyl (C=O) groups is 1. The van der Waals surface area contributed by atoms with E-state index < -0.39 is 0 Å². The Kier molecular flexibility index (Phi) is 6.83. The number of likely N-dealkylation sites (tertiary alicyclic amines) is 1. The molecule has 22 heavy (non-hydrogen) atoms. The van der Waals surface area contributed by atoms with E-state index in [1.54, 1.807) is 7.11 Å². The predicted molar refractivity (Wildman–Crippen MR) is 85.7 cm³/mol. The van der Waals surface area contributed by atoms with Gasteiger partial charge in [0.2, 0.25) is 0 Å². The third-order valence-corrected chi connectivity index (χ3v) is 3.94. The molecule has 5 heteroatoms. The smallest absolute Gasteiger partial charge is 0.253 e. The van der Waals surface area contributed by atoms with Crippen molar-refractivity contribution in [3.05, 3.63) is 35.4 Å². The quantitative estimate of drug-likeness (QED) is 0.780. The summed E-state index contributed by atoms with van der Waals surface area (Å²) in [5.74, 6) is 0.101. The molecule has 0 spiro atoms. The fourth-order valence-corrected chi connectivity index (χ4v) is 2.65. The maximum Gasteiger partial charge on any atom is 0.253 e. The van der Waals surface area contributed by atoms with Crippen LogP contribution in [-0.2, 0) is 16.1 Å². The zero-order chi connectivity index (χ0) is 15.8. The number of carbonyl (C=O) groups excluding carboxylic acids is 1. The molecule has 0 unspecified atom stereocenters. The van der Waals surface area contributed by atoms with Gasteiger partial charge in [-0.3, -0.25) is 4.79 Å². The molecule has 1 saturated heterocycles. The van der Waals surface area contributed by atoms with E-state index in [9.17, 15) is 4.79 Å². The number of nitrogens with two attached hydrogens (primary N) is 1. The van der Waals surface area contributed by atoms with Gasteiger partial charge in [-0.15, -0.1) is 0 Å². The second kappa shape index (κ2) is 8.88. The van der Waals surface area contributed by atoms with Gasteiger partial charge in [-0.2, -0.15) is 0 Å². The first-order valence-electron chi connectivity index (χ1n) is 7.93. The van der Waals surface area contributed by atoms with Crippen molar-refractivity contribution in [1.29, 1.82) is 0 Å². The summed E-state index contributed by atoms with van der Waals surface area (Å²) in [7, 11) is 1.67. The van der Waals surface area contributed by atoms with Crippen molar-refractivity contribution in [2.75, 3.05) is 33.4 Å². The summed E-state index contributed by atoms with van der Waals surface area (Å²) in [6, 6.07) is 7.64. The van der Waals surface area contributed by atoms with E-state index in [0.717, 1.165) is 50.1 Å². The lowest BCUT2D eigenvalue weighted by Crippen LogP contribution is -2.41. The number of benzene rings is 1. The molecule has 1 aliphatic rings. The first-order valence-corrected chi connectivity index (χ1v) is 7.93. The zero-order valence-corrected chi connectivity index (χ0v) is 13.3. The molecule has 1 aromatic rings. The number of nitrogens with zero attached hydrogens (tertiary/aromatic N) is 1. The van der Waals surface area contributed by atoms with Crippen molar-refractivity contribution >= 4 is 5.91 Å². The van der Waals surface area contributed by atoms with E-state index in [-0.39, 0.29) is 12.0 Å². The topological polar surface area (TPSA) is 64.8 Å². The molecule has 1 fully saturated rings. The number of hydrogen-bond donors (Lipinski definition) is 1. The average Bonchev–Trinajstić information content (AvgIpc) is 2.56. The van der Waals surface area contributed by atoms with Crippen LogP contribution in [0.2, 0.25) is 0 Å². The first-order chi connectivity index (χ1) is 10.7. The highest BCUT2D eigenvalue weighted by molar-refractivity contribution is 5.94. The fraction of sp³-hybridized carbons (Fsp3) is 0.588. The van der Waals surface area contributed by atoms with Crippen molar-refractivity contribution < 1.29 is 14.3 Å². The molecular formula is C17H26N2O3. The standard InChI is InChI=1S/C17H26N2O3/c1-21-13-14-3-5-15(6-4-14)17(20)19-10-7-16(8-11-19)22-12-2-9-18/h3-6,16H,2,7-13,18H2,1H3. The van der Waals surface area contributed by atoms with Crippen LogP contribution in [0.5, 0.6) is 0 Å². The van der Waals surface area contributed by atoms with Crippen molar-refractivity contribution in [3.8, 4) is 0 Å². The van der Waals surface area contributed by atoms with E-state index in [1.165, 1.54) is 0 Å². The minimum atomic E-state index is 0.101. The molecule has 1 aromatic carbocycles. The maximum atomic E-state index is 12.5. The molecule has 5 nitrogen and oxygen atoms in total. The van der Waals surface area contributed by atoms with E-state index in [1.807, 2.05) is 29.2 Å². The monoisotopic (exact) mass is 306 g/mol. The molecular weight excluding hydrogens is 280 g/mol. The molecule has 0 bridgehead atoms. The van der Waals surface area contributed by atoms with E-state index in [4.69, 9.17) is 15.2 Å². The van der Waals surface area contributed by atoms with Gasteiger partial charge < -0.3 is 20.1 Å². The van der Waals surface area contributed by atoms with Crippen LogP contribution in [0.4, 0.5) is 0 Å². The van der Waals surface area contributed by atoms with Crippen LogP contribution in [0.15, 0.2) is 24.3 Å². The summed E-state index contributed by atoms with van der Waals surface area (Å²) in [6.45, 7) is 3.46. The molecule has 0 aliphatic carbocycles. The number of hydrogen-bond acceptors (Lipinski definition) is 4. The second-order valence-electron chi connectivity index (χ2n) is 5.63. The van der Waals surface area contributed by atoms with Gasteiger partial charge in [-0.25, -0.2) is 0 Å². The largest absolute Gasteiger partial charge is 0.380 e. The molecule has 2 rings (SSSR count). The predicted octanol–water partition coefficient (Wildman–Crippen LogP) is 1.80. The van der Waals surface area contributed by atoms with Gasteiger partial charge in [0.15, 0.2) is 0 Å². The van der Waals surface area contributed by atoms with Crippen molar-refractivity contribution in [2.24, 2.45) is 5.73 Å². The SMILES string of the molecule is COCc1ccc(C(=O)N2CCC(OCCCN)CC2)cc1. The van der Waals surface area contributed by atoms with E-state index in [0.29, 0.717) is 13.2 Å². The van der Waals surface area contributed by atoms with Crippen LogP contribution >= 0.6 is 0 Å². The molecule has 122 valence electrons. The minimum absolute atomic E-state index is 0.101. The number of ether oxygens (including phenoxy) is 2. The van der Waals surface area contributed by atoms with Crippen molar-refractivity contribution in [2.45, 2.75) is 32.0 Å². The van der Waals surface area contributed by atoms with Gasteiger partial charge in [-0.05, 0) is 43.5 Å². The normalized spacial score (nSPS) is 16.0. The lowest BCUT2D eigenvalue weighted by molar-refractivity contribution is 0.00844. The van der Waals surface area contributed by atoms with Crippen LogP contribution in [0.1, 0.15) is 35.2 Å². The molecule has 0 radical (unpaired) electrons. The van der Waals surface area contributed by atoms with Gasteiger partial charge in [0.05, 0.1) is 12.7 Å². The second-order valence-corrected chi connectivity index (χ2v) is 5.63. The van der Waals surface area contributed by atoms with Gasteiger partial charge >= 0.3 is 0 Å². The van der Waals surface area contributed by atoms with Crippen LogP contribution in [0, 0.1) is 0 Å². The number of amides is 1. The summed E-state index contributed by atoms with van der Waals surface area (Å²) >= 11 is 0. The highest BCUT2D eigenvalue weighted by Crippen LogP contribution is 2.17. The van der Waals surface area contributed by atoms with Crippen LogP contribution < -0.4 is 5.73 Å². The third-order valence-electron chi connectivity index (χ3n) is 3.94. The summed E-state index contributed by atoms with van der Waals surface area (Å²) in [5, 5.41) is 0. The van der Waals surface area contributed by atoms with Crippen LogP contribution in [0.3, 0.4) is 0 Å². The van der Waals surface area contributed by atoms with Crippen LogP contribution in [-0.4, -0.2) is 50.3 Å². The summed E-state index contributed by atoms with van der Waals surface area (Å²) in [5.41, 5.74) is 7.27. The first kappa shape index (κ1) is 16.9. The molecule has 1 aliphatic heterocycles. The number of methoxy groups -OCH3 is 1. The van der Waals surface area contributed by atoms with Gasteiger partial charge in [0.1, 0.15) is 0 Å². The Morgan fingerprint density at radius 2 is 1.95 bits per heavy atom. The summed E-state index contributed by atoms with van der Waals surface area (Å²) in [4.78, 5) is 14.4. The van der Waals surface area contributed by atoms with E-state index in [2.05, 4.69) is 0 Å². The Bertz CT molecular complexity index is 453. The number of piperidine rings is 1.